The minimum atomic E-state index is -3.71. The van der Waals surface area contributed by atoms with Crippen molar-refractivity contribution in [3.8, 4) is 0 Å². The lowest BCUT2D eigenvalue weighted by Gasteiger charge is -2.25. The Morgan fingerprint density at radius 2 is 1.50 bits per heavy atom. The molecule has 0 atom stereocenters. The van der Waals surface area contributed by atoms with Crippen molar-refractivity contribution in [3.05, 3.63) is 23.8 Å². The fraction of sp³-hybridized carbons (Fsp3) is 0.632. The predicted octanol–water partition coefficient (Wildman–Crippen LogP) is 3.74. The average molecular weight is 381 g/mol. The monoisotopic (exact) mass is 380 g/mol. The lowest BCUT2D eigenvalue weighted by molar-refractivity contribution is 0.0697. The Morgan fingerprint density at radius 1 is 0.923 bits per heavy atom. The zero-order chi connectivity index (χ0) is 18.6. The van der Waals surface area contributed by atoms with E-state index in [4.69, 9.17) is 0 Å². The van der Waals surface area contributed by atoms with Crippen LogP contribution in [0.2, 0.25) is 0 Å². The number of sulfonamides is 1. The van der Waals surface area contributed by atoms with Crippen LogP contribution in [0.1, 0.15) is 74.6 Å². The molecule has 1 aromatic carbocycles. The van der Waals surface area contributed by atoms with E-state index < -0.39 is 16.0 Å². The topological polar surface area (TPSA) is 95.5 Å². The Bertz CT molecular complexity index is 736. The zero-order valence-corrected chi connectivity index (χ0v) is 15.9. The molecule has 3 N–H and O–H groups in total. The van der Waals surface area contributed by atoms with Gasteiger partial charge in [-0.2, -0.15) is 0 Å². The molecule has 2 aliphatic carbocycles. The first-order valence-corrected chi connectivity index (χ1v) is 11.1. The Labute approximate surface area is 155 Å². The van der Waals surface area contributed by atoms with Gasteiger partial charge in [0.15, 0.2) is 0 Å². The van der Waals surface area contributed by atoms with Crippen molar-refractivity contribution in [1.29, 1.82) is 0 Å². The summed E-state index contributed by atoms with van der Waals surface area (Å²) in [6.07, 6.45) is 10.4. The number of benzene rings is 1. The van der Waals surface area contributed by atoms with Gasteiger partial charge in [0.2, 0.25) is 10.0 Å². The second kappa shape index (κ2) is 8.39. The van der Waals surface area contributed by atoms with E-state index in [-0.39, 0.29) is 22.5 Å². The molecule has 2 saturated carbocycles. The highest BCUT2D eigenvalue weighted by atomic mass is 32.2. The number of carbonyl (C=O) groups is 1. The molecule has 6 nitrogen and oxygen atoms in total. The molecule has 0 radical (unpaired) electrons. The molecule has 26 heavy (non-hydrogen) atoms. The smallest absolute Gasteiger partial charge is 0.337 e. The maximum absolute atomic E-state index is 12.7. The van der Waals surface area contributed by atoms with Gasteiger partial charge in [-0.05, 0) is 43.9 Å². The summed E-state index contributed by atoms with van der Waals surface area (Å²) in [6.45, 7) is 0. The molecule has 2 aliphatic rings. The molecule has 3 rings (SSSR count). The fourth-order valence-electron chi connectivity index (χ4n) is 3.97. The Balaban J connectivity index is 1.79. The third-order valence-electron chi connectivity index (χ3n) is 5.42. The number of rotatable bonds is 6. The number of hydrogen-bond acceptors (Lipinski definition) is 4. The Hall–Kier alpha value is -1.60. The van der Waals surface area contributed by atoms with Crippen LogP contribution < -0.4 is 10.0 Å². The molecule has 0 bridgehead atoms. The van der Waals surface area contributed by atoms with E-state index in [9.17, 15) is 18.3 Å². The number of hydrogen-bond donors (Lipinski definition) is 3. The quantitative estimate of drug-likeness (QED) is 0.699. The molecule has 7 heteroatoms. The summed E-state index contributed by atoms with van der Waals surface area (Å²) < 4.78 is 28.0. The molecular formula is C19H28N2O4S. The largest absolute Gasteiger partial charge is 0.478 e. The minimum Gasteiger partial charge on any atom is -0.478 e. The normalized spacial score (nSPS) is 20.0. The number of carboxylic acids is 1. The molecule has 0 spiro atoms. The van der Waals surface area contributed by atoms with Crippen molar-refractivity contribution in [2.75, 3.05) is 5.32 Å². The van der Waals surface area contributed by atoms with Gasteiger partial charge in [0.25, 0.3) is 0 Å². The van der Waals surface area contributed by atoms with E-state index in [0.29, 0.717) is 5.69 Å². The maximum Gasteiger partial charge on any atom is 0.337 e. The highest BCUT2D eigenvalue weighted by molar-refractivity contribution is 7.89. The highest BCUT2D eigenvalue weighted by Gasteiger charge is 2.24. The fourth-order valence-corrected chi connectivity index (χ4v) is 5.30. The van der Waals surface area contributed by atoms with Crippen molar-refractivity contribution in [1.82, 2.24) is 4.72 Å². The van der Waals surface area contributed by atoms with Crippen LogP contribution in [-0.4, -0.2) is 31.6 Å². The van der Waals surface area contributed by atoms with Crippen LogP contribution in [0.15, 0.2) is 23.1 Å². The van der Waals surface area contributed by atoms with E-state index in [0.717, 1.165) is 57.8 Å². The lowest BCUT2D eigenvalue weighted by atomic mass is 9.95. The SMILES string of the molecule is O=C(O)c1cc(S(=O)(=O)NC2CCCCC2)ccc1NC1CCCCC1. The van der Waals surface area contributed by atoms with Gasteiger partial charge in [-0.15, -0.1) is 0 Å². The summed E-state index contributed by atoms with van der Waals surface area (Å²) in [5.74, 6) is -1.11. The molecular weight excluding hydrogens is 352 g/mol. The van der Waals surface area contributed by atoms with Gasteiger partial charge in [0.05, 0.1) is 10.5 Å². The summed E-state index contributed by atoms with van der Waals surface area (Å²) in [5.41, 5.74) is 0.517. The summed E-state index contributed by atoms with van der Waals surface area (Å²) >= 11 is 0. The lowest BCUT2D eigenvalue weighted by Crippen LogP contribution is -2.36. The van der Waals surface area contributed by atoms with Gasteiger partial charge in [-0.25, -0.2) is 17.9 Å². The second-order valence-corrected chi connectivity index (χ2v) is 9.16. The Morgan fingerprint density at radius 3 is 2.08 bits per heavy atom. The number of anilines is 1. The van der Waals surface area contributed by atoms with Crippen LogP contribution in [0.5, 0.6) is 0 Å². The number of carboxylic acid groups (broad SMARTS) is 1. The first-order chi connectivity index (χ1) is 12.5. The zero-order valence-electron chi connectivity index (χ0n) is 15.0. The molecule has 0 saturated heterocycles. The third-order valence-corrected chi connectivity index (χ3v) is 6.94. The molecule has 1 aromatic rings. The van der Waals surface area contributed by atoms with Crippen LogP contribution >= 0.6 is 0 Å². The molecule has 0 aromatic heterocycles. The van der Waals surface area contributed by atoms with Crippen molar-refractivity contribution < 1.29 is 18.3 Å². The number of aromatic carboxylic acids is 1. The van der Waals surface area contributed by atoms with Gasteiger partial charge < -0.3 is 10.4 Å². The predicted molar refractivity (Wildman–Crippen MR) is 101 cm³/mol. The van der Waals surface area contributed by atoms with Crippen LogP contribution in [-0.2, 0) is 10.0 Å². The van der Waals surface area contributed by atoms with Crippen molar-refractivity contribution in [2.24, 2.45) is 0 Å². The Kier molecular flexibility index (Phi) is 6.19. The van der Waals surface area contributed by atoms with E-state index in [1.54, 1.807) is 6.07 Å². The molecule has 2 fully saturated rings. The summed E-state index contributed by atoms with van der Waals surface area (Å²) in [7, 11) is -3.71. The van der Waals surface area contributed by atoms with Crippen molar-refractivity contribution >= 4 is 21.7 Å². The van der Waals surface area contributed by atoms with E-state index in [1.165, 1.54) is 18.6 Å². The van der Waals surface area contributed by atoms with Crippen molar-refractivity contribution in [2.45, 2.75) is 81.2 Å². The number of nitrogens with one attached hydrogen (secondary N) is 2. The maximum atomic E-state index is 12.7. The van der Waals surface area contributed by atoms with Crippen LogP contribution in [0.3, 0.4) is 0 Å². The van der Waals surface area contributed by atoms with Gasteiger partial charge in [0, 0.05) is 17.8 Å². The van der Waals surface area contributed by atoms with Gasteiger partial charge in [-0.1, -0.05) is 38.5 Å². The van der Waals surface area contributed by atoms with Crippen LogP contribution in [0, 0.1) is 0 Å². The van der Waals surface area contributed by atoms with E-state index in [2.05, 4.69) is 10.0 Å². The van der Waals surface area contributed by atoms with Crippen LogP contribution in [0.25, 0.3) is 0 Å². The molecule has 0 aliphatic heterocycles. The van der Waals surface area contributed by atoms with E-state index >= 15 is 0 Å². The van der Waals surface area contributed by atoms with E-state index in [1.807, 2.05) is 0 Å². The molecule has 144 valence electrons. The van der Waals surface area contributed by atoms with Gasteiger partial charge in [-0.3, -0.25) is 0 Å². The van der Waals surface area contributed by atoms with Gasteiger partial charge >= 0.3 is 5.97 Å². The van der Waals surface area contributed by atoms with Crippen molar-refractivity contribution in [3.63, 3.8) is 0 Å². The highest BCUT2D eigenvalue weighted by Crippen LogP contribution is 2.27. The summed E-state index contributed by atoms with van der Waals surface area (Å²) in [5, 5.41) is 12.8. The first-order valence-electron chi connectivity index (χ1n) is 9.62. The molecule has 0 amide bonds. The second-order valence-electron chi connectivity index (χ2n) is 7.45. The standard InChI is InChI=1S/C19H28N2O4S/c22-19(23)17-13-16(26(24,25)21-15-9-5-2-6-10-15)11-12-18(17)20-14-7-3-1-4-8-14/h11-15,20-21H,1-10H2,(H,22,23). The molecule has 0 heterocycles. The summed E-state index contributed by atoms with van der Waals surface area (Å²) in [6, 6.07) is 4.57. The first kappa shape index (κ1) is 19.2. The van der Waals surface area contributed by atoms with Gasteiger partial charge in [0.1, 0.15) is 0 Å². The minimum absolute atomic E-state index is 0.0158. The summed E-state index contributed by atoms with van der Waals surface area (Å²) in [4.78, 5) is 11.7. The third kappa shape index (κ3) is 4.76. The molecule has 0 unspecified atom stereocenters. The average Bonchev–Trinajstić information content (AvgIpc) is 2.63. The van der Waals surface area contributed by atoms with Crippen LogP contribution in [0.4, 0.5) is 5.69 Å².